The number of fused-ring (bicyclic) bond motifs is 2. The number of nitrogens with one attached hydrogen (secondary N) is 1. The van der Waals surface area contributed by atoms with Gasteiger partial charge in [0.15, 0.2) is 0 Å². The Kier molecular flexibility index (Phi) is 17.3. The monoisotopic (exact) mass is 686 g/mol. The van der Waals surface area contributed by atoms with Crippen LogP contribution in [0.1, 0.15) is 153 Å². The van der Waals surface area contributed by atoms with Crippen LogP contribution in [-0.2, 0) is 0 Å². The molecule has 3 nitrogen and oxygen atoms in total. The summed E-state index contributed by atoms with van der Waals surface area (Å²) in [4.78, 5) is 4.95. The lowest BCUT2D eigenvalue weighted by atomic mass is 9.91. The maximum Gasteiger partial charge on any atom is 0.137 e. The second-order valence-electron chi connectivity index (χ2n) is 14.5. The van der Waals surface area contributed by atoms with E-state index in [1.807, 2.05) is 38.1 Å². The second-order valence-corrected chi connectivity index (χ2v) is 14.5. The predicted octanol–water partition coefficient (Wildman–Crippen LogP) is 14.3. The molecule has 0 saturated carbocycles. The van der Waals surface area contributed by atoms with Crippen molar-refractivity contribution in [3.05, 3.63) is 70.6 Å². The summed E-state index contributed by atoms with van der Waals surface area (Å²) in [5.74, 6) is -0.564. The molecule has 0 atom stereocenters. The molecular formula is C45H64F2N2O. The first-order chi connectivity index (χ1) is 24.4. The van der Waals surface area contributed by atoms with E-state index < -0.39 is 11.6 Å². The van der Waals surface area contributed by atoms with Gasteiger partial charge >= 0.3 is 0 Å². The molecular weight excluding hydrogens is 623 g/mol. The summed E-state index contributed by atoms with van der Waals surface area (Å²) < 4.78 is 37.4. The van der Waals surface area contributed by atoms with E-state index in [2.05, 4.69) is 19.2 Å². The third-order valence-electron chi connectivity index (χ3n) is 10.2. The summed E-state index contributed by atoms with van der Waals surface area (Å²) in [5.41, 5.74) is 4.82. The van der Waals surface area contributed by atoms with Gasteiger partial charge in [0, 0.05) is 47.4 Å². The normalized spacial score (nSPS) is 12.1. The van der Waals surface area contributed by atoms with Crippen molar-refractivity contribution in [2.45, 2.75) is 156 Å². The highest BCUT2D eigenvalue weighted by molar-refractivity contribution is 6.03. The van der Waals surface area contributed by atoms with Crippen LogP contribution in [0.3, 0.4) is 0 Å². The van der Waals surface area contributed by atoms with Crippen LogP contribution in [0, 0.1) is 25.5 Å². The van der Waals surface area contributed by atoms with E-state index in [1.54, 1.807) is 0 Å². The number of aryl methyl sites for hydroxylation is 2. The lowest BCUT2D eigenvalue weighted by molar-refractivity contribution is 0.557. The van der Waals surface area contributed by atoms with Gasteiger partial charge in [0.1, 0.15) is 23.0 Å². The van der Waals surface area contributed by atoms with Crippen molar-refractivity contribution in [2.75, 3.05) is 18.4 Å². The molecule has 1 aliphatic carbocycles. The topological polar surface area (TPSA) is 37.5 Å². The summed E-state index contributed by atoms with van der Waals surface area (Å²) in [7, 11) is 0. The van der Waals surface area contributed by atoms with Crippen molar-refractivity contribution in [1.29, 1.82) is 0 Å². The van der Waals surface area contributed by atoms with Gasteiger partial charge in [0.25, 0.3) is 0 Å². The van der Waals surface area contributed by atoms with Crippen LogP contribution in [-0.4, -0.2) is 13.1 Å². The van der Waals surface area contributed by atoms with Crippen LogP contribution in [0.5, 0.6) is 0 Å². The molecule has 2 aromatic carbocycles. The summed E-state index contributed by atoms with van der Waals surface area (Å²) in [6.07, 6.45) is 25.9. The zero-order valence-corrected chi connectivity index (χ0v) is 31.7. The highest BCUT2D eigenvalue weighted by atomic mass is 19.1. The lowest BCUT2D eigenvalue weighted by Crippen LogP contribution is -2.10. The molecule has 0 amide bonds. The van der Waals surface area contributed by atoms with Crippen LogP contribution in [0.15, 0.2) is 51.9 Å². The van der Waals surface area contributed by atoms with Crippen molar-refractivity contribution in [2.24, 2.45) is 4.99 Å². The largest absolute Gasteiger partial charge is 0.456 e. The first-order valence-electron chi connectivity index (χ1n) is 20.1. The smallest absolute Gasteiger partial charge is 0.137 e. The quantitative estimate of drug-likeness (QED) is 0.0588. The molecule has 0 aromatic heterocycles. The summed E-state index contributed by atoms with van der Waals surface area (Å²) >= 11 is 0. The molecule has 0 bridgehead atoms. The minimum Gasteiger partial charge on any atom is -0.456 e. The van der Waals surface area contributed by atoms with Crippen molar-refractivity contribution in [3.63, 3.8) is 0 Å². The highest BCUT2D eigenvalue weighted by Gasteiger charge is 2.23. The fraction of sp³-hybridized carbons (Fsp3) is 0.578. The molecule has 1 aliphatic heterocycles. The lowest BCUT2D eigenvalue weighted by Gasteiger charge is -2.19. The van der Waals surface area contributed by atoms with Crippen LogP contribution >= 0.6 is 0 Å². The van der Waals surface area contributed by atoms with Gasteiger partial charge in [-0.1, -0.05) is 135 Å². The van der Waals surface area contributed by atoms with Crippen LogP contribution in [0.2, 0.25) is 0 Å². The van der Waals surface area contributed by atoms with Gasteiger partial charge in [0.05, 0.1) is 10.9 Å². The molecule has 0 saturated heterocycles. The fourth-order valence-corrected chi connectivity index (χ4v) is 7.19. The number of hydrogen-bond donors (Lipinski definition) is 1. The minimum atomic E-state index is -0.577. The Morgan fingerprint density at radius 3 is 1.72 bits per heavy atom. The van der Waals surface area contributed by atoms with E-state index in [0.29, 0.717) is 27.9 Å². The molecule has 4 rings (SSSR count). The molecule has 50 heavy (non-hydrogen) atoms. The fourth-order valence-electron chi connectivity index (χ4n) is 7.19. The van der Waals surface area contributed by atoms with E-state index in [4.69, 9.17) is 9.41 Å². The molecule has 2 aromatic rings. The Morgan fingerprint density at radius 2 is 1.14 bits per heavy atom. The molecule has 0 unspecified atom stereocenters. The Labute approximate surface area is 301 Å². The summed E-state index contributed by atoms with van der Waals surface area (Å²) in [6, 6.07) is 12.0. The Bertz CT molecular complexity index is 1600. The Balaban J connectivity index is 1.48. The molecule has 0 fully saturated rings. The van der Waals surface area contributed by atoms with Gasteiger partial charge in [-0.15, -0.1) is 0 Å². The van der Waals surface area contributed by atoms with Crippen LogP contribution in [0.4, 0.5) is 14.5 Å². The first kappa shape index (κ1) is 39.6. The Hall–Kier alpha value is -3.21. The summed E-state index contributed by atoms with van der Waals surface area (Å²) in [5, 5.41) is 5.20. The number of hydrogen-bond acceptors (Lipinski definition) is 3. The maximum absolute atomic E-state index is 15.4. The number of rotatable bonds is 24. The maximum atomic E-state index is 15.4. The number of anilines is 1. The first-order valence-corrected chi connectivity index (χ1v) is 20.1. The zero-order valence-electron chi connectivity index (χ0n) is 31.7. The Morgan fingerprint density at radius 1 is 0.600 bits per heavy atom. The number of nitrogens with zero attached hydrogens (tertiary/aromatic N) is 1. The number of halogens is 2. The third kappa shape index (κ3) is 11.9. The average molecular weight is 687 g/mol. The second kappa shape index (κ2) is 21.9. The average Bonchev–Trinajstić information content (AvgIpc) is 3.10. The zero-order chi connectivity index (χ0) is 35.6. The molecule has 2 aliphatic rings. The van der Waals surface area contributed by atoms with E-state index in [-0.39, 0.29) is 5.56 Å². The highest BCUT2D eigenvalue weighted by Crippen LogP contribution is 2.43. The van der Waals surface area contributed by atoms with Gasteiger partial charge in [-0.3, -0.25) is 4.99 Å². The van der Waals surface area contributed by atoms with Gasteiger partial charge in [-0.2, -0.15) is 0 Å². The van der Waals surface area contributed by atoms with Gasteiger partial charge < -0.3 is 9.73 Å². The van der Waals surface area contributed by atoms with E-state index in [9.17, 15) is 0 Å². The van der Waals surface area contributed by atoms with E-state index in [0.717, 1.165) is 48.1 Å². The molecule has 0 radical (unpaired) electrons. The van der Waals surface area contributed by atoms with Gasteiger partial charge in [-0.25, -0.2) is 8.78 Å². The van der Waals surface area contributed by atoms with Crippen molar-refractivity contribution in [3.8, 4) is 22.5 Å². The van der Waals surface area contributed by atoms with Gasteiger partial charge in [-0.05, 0) is 62.1 Å². The van der Waals surface area contributed by atoms with Gasteiger partial charge in [0.2, 0.25) is 0 Å². The minimum absolute atomic E-state index is 0.0155. The van der Waals surface area contributed by atoms with Crippen LogP contribution < -0.4 is 10.7 Å². The third-order valence-corrected chi connectivity index (χ3v) is 10.2. The number of unbranched alkanes of at least 4 members (excludes halogenated alkanes) is 18. The van der Waals surface area contributed by atoms with Crippen LogP contribution in [0.25, 0.3) is 33.4 Å². The molecule has 0 spiro atoms. The standard InChI is InChI=1S/C45H64F2N2O/c1-5-7-9-11-13-15-17-19-21-23-28-48-40-32-42-36(30-34(40)3)44(45-38(46)26-25-27-39(45)47)37-31-35(4)41(33-43(37)50-42)49-29-24-22-20-18-16-14-12-10-8-6-2/h25-27,30-33,48H,5-24,28-29H2,1-4H3. The molecule has 274 valence electrons. The van der Waals surface area contributed by atoms with Crippen molar-refractivity contribution in [1.82, 2.24) is 0 Å². The number of benzene rings is 3. The van der Waals surface area contributed by atoms with E-state index in [1.165, 1.54) is 134 Å². The molecule has 5 heteroatoms. The molecule has 1 N–H and O–H groups in total. The van der Waals surface area contributed by atoms with Crippen molar-refractivity contribution < 1.29 is 13.2 Å². The van der Waals surface area contributed by atoms with E-state index >= 15 is 8.78 Å². The van der Waals surface area contributed by atoms with Crippen molar-refractivity contribution >= 4 is 16.7 Å². The predicted molar refractivity (Wildman–Crippen MR) is 210 cm³/mol. The summed E-state index contributed by atoms with van der Waals surface area (Å²) in [6.45, 7) is 10.2. The SMILES string of the molecule is CCCCCCCCCCCCN=c1cc2oc3cc(NCCCCCCCCCCCC)c(C)cc3c(-c3c(F)cccc3F)c-2cc1C. The molecule has 1 heterocycles.